The van der Waals surface area contributed by atoms with Crippen molar-refractivity contribution < 1.29 is 25.2 Å². The van der Waals surface area contributed by atoms with Gasteiger partial charge >= 0.3 is 0 Å². The fourth-order valence-corrected chi connectivity index (χ4v) is 4.95. The van der Waals surface area contributed by atoms with Crippen LogP contribution in [-0.4, -0.2) is 56.1 Å². The average Bonchev–Trinajstić information content (AvgIpc) is 3.18. The summed E-state index contributed by atoms with van der Waals surface area (Å²) in [6.07, 6.45) is 4.98. The van der Waals surface area contributed by atoms with Gasteiger partial charge in [-0.3, -0.25) is 0 Å². The third-order valence-corrected chi connectivity index (χ3v) is 7.81. The molecular weight excluding hydrogens is 450 g/mol. The Morgan fingerprint density at radius 1 is 1.18 bits per heavy atom. The summed E-state index contributed by atoms with van der Waals surface area (Å²) in [5, 5.41) is 46.4. The lowest BCUT2D eigenvalue weighted by Gasteiger charge is -2.41. The van der Waals surface area contributed by atoms with E-state index in [2.05, 4.69) is 11.1 Å². The SMILES string of the molecule is C/C1=C/CC(/C(C)=C/c2csc(C)n2)O[C@H](O)C[C@H](O)C(C)(C)[C@H](O)[C@H](C)[C@@H](O)[C@@H](C)/C=C\C1. The van der Waals surface area contributed by atoms with Crippen LogP contribution in [0.25, 0.3) is 6.08 Å². The van der Waals surface area contributed by atoms with E-state index in [1.165, 1.54) is 0 Å². The van der Waals surface area contributed by atoms with Crippen molar-refractivity contribution in [2.45, 2.75) is 98.4 Å². The van der Waals surface area contributed by atoms with Crippen LogP contribution in [0.1, 0.15) is 71.5 Å². The number of ether oxygens (including phenoxy) is 1. The molecule has 0 spiro atoms. The molecule has 0 aromatic carbocycles. The van der Waals surface area contributed by atoms with Crippen molar-refractivity contribution in [3.8, 4) is 0 Å². The molecule has 7 atom stereocenters. The predicted molar refractivity (Wildman–Crippen MR) is 138 cm³/mol. The van der Waals surface area contributed by atoms with E-state index in [-0.39, 0.29) is 18.4 Å². The van der Waals surface area contributed by atoms with Crippen molar-refractivity contribution in [1.82, 2.24) is 4.98 Å². The maximum Gasteiger partial charge on any atom is 0.157 e. The Labute approximate surface area is 208 Å². The Morgan fingerprint density at radius 2 is 1.85 bits per heavy atom. The zero-order valence-electron chi connectivity index (χ0n) is 21.6. The first-order valence-electron chi connectivity index (χ1n) is 12.1. The van der Waals surface area contributed by atoms with Gasteiger partial charge < -0.3 is 25.2 Å². The molecule has 1 aromatic rings. The fourth-order valence-electron chi connectivity index (χ4n) is 4.38. The number of hydrogen-bond donors (Lipinski definition) is 4. The lowest BCUT2D eigenvalue weighted by molar-refractivity contribution is -0.167. The Hall–Kier alpha value is -1.35. The van der Waals surface area contributed by atoms with Gasteiger partial charge in [0, 0.05) is 29.1 Å². The smallest absolute Gasteiger partial charge is 0.157 e. The molecule has 1 aromatic heterocycles. The van der Waals surface area contributed by atoms with Crippen molar-refractivity contribution in [1.29, 1.82) is 0 Å². The summed E-state index contributed by atoms with van der Waals surface area (Å²) in [5.74, 6) is -0.613. The number of aliphatic hydroxyl groups excluding tert-OH is 4. The van der Waals surface area contributed by atoms with Crippen LogP contribution in [0.3, 0.4) is 0 Å². The van der Waals surface area contributed by atoms with Gasteiger partial charge in [-0.15, -0.1) is 11.3 Å². The third-order valence-electron chi connectivity index (χ3n) is 7.02. The minimum atomic E-state index is -1.22. The molecule has 0 amide bonds. The van der Waals surface area contributed by atoms with E-state index in [9.17, 15) is 20.4 Å². The fraction of sp³-hybridized carbons (Fsp3) is 0.667. The molecule has 0 saturated heterocycles. The normalized spacial score (nSPS) is 37.1. The second-order valence-corrected chi connectivity index (χ2v) is 11.5. The van der Waals surface area contributed by atoms with E-state index in [0.29, 0.717) is 6.42 Å². The molecule has 2 rings (SSSR count). The monoisotopic (exact) mass is 493 g/mol. The lowest BCUT2D eigenvalue weighted by atomic mass is 9.72. The number of aromatic nitrogens is 1. The molecule has 0 fully saturated rings. The topological polar surface area (TPSA) is 103 Å². The number of thiazole rings is 1. The Morgan fingerprint density at radius 3 is 2.47 bits per heavy atom. The Bertz CT molecular complexity index is 874. The molecule has 4 N–H and O–H groups in total. The summed E-state index contributed by atoms with van der Waals surface area (Å²) in [5.41, 5.74) is 1.99. The van der Waals surface area contributed by atoms with E-state index in [1.54, 1.807) is 32.1 Å². The average molecular weight is 494 g/mol. The molecule has 1 unspecified atom stereocenters. The molecule has 34 heavy (non-hydrogen) atoms. The molecule has 0 bridgehead atoms. The highest BCUT2D eigenvalue weighted by Gasteiger charge is 2.42. The Kier molecular flexibility index (Phi) is 10.7. The van der Waals surface area contributed by atoms with Crippen LogP contribution in [0.15, 0.2) is 34.8 Å². The molecule has 192 valence electrons. The van der Waals surface area contributed by atoms with Crippen LogP contribution in [0.4, 0.5) is 0 Å². The van der Waals surface area contributed by atoms with Crippen molar-refractivity contribution >= 4 is 17.4 Å². The van der Waals surface area contributed by atoms with Gasteiger partial charge in [0.05, 0.1) is 35.1 Å². The summed E-state index contributed by atoms with van der Waals surface area (Å²) < 4.78 is 6.01. The standard InChI is InChI=1S/C27H43NO5S/c1-16-9-8-10-17(2)25(31)19(4)26(32)27(6,7)23(29)14-24(30)33-22(12-11-16)18(3)13-21-15-34-20(5)28-21/h8,10-11,13,15,17,19,22-26,29-32H,9,12,14H2,1-7H3/b10-8-,16-11-,18-13+/t17-,19+,22?,23-,24-,25-,26+/m0/s1. The number of aryl methyl sites for hydroxylation is 1. The third kappa shape index (κ3) is 7.83. The van der Waals surface area contributed by atoms with E-state index in [1.807, 2.05) is 51.3 Å². The number of allylic oxidation sites excluding steroid dienone is 2. The van der Waals surface area contributed by atoms with Crippen LogP contribution < -0.4 is 0 Å². The van der Waals surface area contributed by atoms with E-state index in [0.717, 1.165) is 28.3 Å². The molecular formula is C27H43NO5S. The predicted octanol–water partition coefficient (Wildman–Crippen LogP) is 4.63. The number of nitrogens with zero attached hydrogens (tertiary/aromatic N) is 1. The van der Waals surface area contributed by atoms with Crippen LogP contribution in [-0.2, 0) is 4.74 Å². The van der Waals surface area contributed by atoms with Gasteiger partial charge in [0.1, 0.15) is 0 Å². The second kappa shape index (κ2) is 12.6. The summed E-state index contributed by atoms with van der Waals surface area (Å²) in [4.78, 5) is 4.50. The summed E-state index contributed by atoms with van der Waals surface area (Å²) >= 11 is 1.58. The highest BCUT2D eigenvalue weighted by molar-refractivity contribution is 7.09. The highest BCUT2D eigenvalue weighted by atomic mass is 32.1. The van der Waals surface area contributed by atoms with Crippen LogP contribution in [0, 0.1) is 24.2 Å². The maximum atomic E-state index is 11.0. The van der Waals surface area contributed by atoms with Crippen molar-refractivity contribution in [2.75, 3.05) is 0 Å². The van der Waals surface area contributed by atoms with Crippen LogP contribution >= 0.6 is 11.3 Å². The maximum absolute atomic E-state index is 11.0. The summed E-state index contributed by atoms with van der Waals surface area (Å²) in [6, 6.07) is 0. The van der Waals surface area contributed by atoms with Gasteiger partial charge in [-0.25, -0.2) is 4.98 Å². The van der Waals surface area contributed by atoms with Crippen LogP contribution in [0.2, 0.25) is 0 Å². The van der Waals surface area contributed by atoms with Gasteiger partial charge in [-0.1, -0.05) is 51.5 Å². The molecule has 1 aliphatic heterocycles. The quantitative estimate of drug-likeness (QED) is 0.448. The van der Waals surface area contributed by atoms with Crippen molar-refractivity contribution in [2.24, 2.45) is 17.3 Å². The molecule has 7 heteroatoms. The van der Waals surface area contributed by atoms with Crippen LogP contribution in [0.5, 0.6) is 0 Å². The first kappa shape index (κ1) is 28.9. The summed E-state index contributed by atoms with van der Waals surface area (Å²) in [6.45, 7) is 13.2. The molecule has 0 radical (unpaired) electrons. The zero-order valence-corrected chi connectivity index (χ0v) is 22.4. The molecule has 2 heterocycles. The highest BCUT2D eigenvalue weighted by Crippen LogP contribution is 2.35. The van der Waals surface area contributed by atoms with Gasteiger partial charge in [-0.05, 0) is 45.3 Å². The largest absolute Gasteiger partial charge is 0.392 e. The minimum Gasteiger partial charge on any atom is -0.392 e. The van der Waals surface area contributed by atoms with Gasteiger partial charge in [-0.2, -0.15) is 0 Å². The molecule has 1 aliphatic rings. The number of aliphatic hydroxyl groups is 4. The van der Waals surface area contributed by atoms with Gasteiger partial charge in [0.2, 0.25) is 0 Å². The number of rotatable bonds is 2. The molecule has 0 saturated carbocycles. The summed E-state index contributed by atoms with van der Waals surface area (Å²) in [7, 11) is 0. The molecule has 6 nitrogen and oxygen atoms in total. The minimum absolute atomic E-state index is 0.0510. The molecule has 0 aliphatic carbocycles. The van der Waals surface area contributed by atoms with Gasteiger partial charge in [0.15, 0.2) is 6.29 Å². The first-order valence-corrected chi connectivity index (χ1v) is 13.0. The Balaban J connectivity index is 2.35. The lowest BCUT2D eigenvalue weighted by Crippen LogP contribution is -2.49. The zero-order chi connectivity index (χ0) is 25.6. The second-order valence-electron chi connectivity index (χ2n) is 10.4. The van der Waals surface area contributed by atoms with E-state index < -0.39 is 35.9 Å². The van der Waals surface area contributed by atoms with Gasteiger partial charge in [0.25, 0.3) is 0 Å². The van der Waals surface area contributed by atoms with E-state index in [4.69, 9.17) is 4.74 Å². The van der Waals surface area contributed by atoms with E-state index >= 15 is 0 Å². The first-order chi connectivity index (χ1) is 15.8. The van der Waals surface area contributed by atoms with Crippen molar-refractivity contribution in [3.05, 3.63) is 45.5 Å². The number of hydrogen-bond acceptors (Lipinski definition) is 7. The van der Waals surface area contributed by atoms with Crippen molar-refractivity contribution in [3.63, 3.8) is 0 Å².